The van der Waals surface area contributed by atoms with Crippen LogP contribution in [0.4, 0.5) is 0 Å². The third-order valence-corrected chi connectivity index (χ3v) is 4.32. The molecular formula is C19H21N3O2. The molecule has 0 aliphatic rings. The zero-order chi connectivity index (χ0) is 17.3. The van der Waals surface area contributed by atoms with Crippen molar-refractivity contribution >= 4 is 16.8 Å². The van der Waals surface area contributed by atoms with Gasteiger partial charge in [-0.15, -0.1) is 0 Å². The van der Waals surface area contributed by atoms with E-state index >= 15 is 0 Å². The van der Waals surface area contributed by atoms with Crippen LogP contribution in [0.5, 0.6) is 0 Å². The van der Waals surface area contributed by atoms with E-state index in [0.29, 0.717) is 12.0 Å². The number of aromatic amines is 2. The highest BCUT2D eigenvalue weighted by Gasteiger charge is 2.13. The van der Waals surface area contributed by atoms with E-state index in [1.807, 2.05) is 51.1 Å². The van der Waals surface area contributed by atoms with Crippen LogP contribution in [-0.4, -0.2) is 15.9 Å². The molecule has 3 N–H and O–H groups in total. The van der Waals surface area contributed by atoms with Gasteiger partial charge in [0.2, 0.25) is 5.91 Å². The first-order valence-electron chi connectivity index (χ1n) is 7.98. The third kappa shape index (κ3) is 3.11. The largest absolute Gasteiger partial charge is 0.358 e. The van der Waals surface area contributed by atoms with E-state index < -0.39 is 0 Å². The molecule has 3 aromatic rings. The van der Waals surface area contributed by atoms with Gasteiger partial charge in [0.15, 0.2) is 0 Å². The maximum absolute atomic E-state index is 12.3. The fourth-order valence-corrected chi connectivity index (χ4v) is 3.07. The summed E-state index contributed by atoms with van der Waals surface area (Å²) in [7, 11) is 0. The highest BCUT2D eigenvalue weighted by atomic mass is 16.1. The molecule has 5 heteroatoms. The molecule has 3 rings (SSSR count). The fourth-order valence-electron chi connectivity index (χ4n) is 3.07. The van der Waals surface area contributed by atoms with Gasteiger partial charge in [-0.2, -0.15) is 0 Å². The Hall–Kier alpha value is -2.82. The number of aromatic nitrogens is 2. The number of pyridine rings is 1. The summed E-state index contributed by atoms with van der Waals surface area (Å²) in [5, 5.41) is 3.92. The molecule has 2 aromatic heterocycles. The van der Waals surface area contributed by atoms with Crippen LogP contribution < -0.4 is 10.9 Å². The Bertz CT molecular complexity index is 966. The van der Waals surface area contributed by atoms with E-state index in [2.05, 4.69) is 15.3 Å². The lowest BCUT2D eigenvalue weighted by molar-refractivity contribution is -0.120. The lowest BCUT2D eigenvalue weighted by atomic mass is 10.1. The van der Waals surface area contributed by atoms with Crippen molar-refractivity contribution in [3.63, 3.8) is 0 Å². The quantitative estimate of drug-likeness (QED) is 0.690. The van der Waals surface area contributed by atoms with Gasteiger partial charge < -0.3 is 15.3 Å². The Kier molecular flexibility index (Phi) is 4.25. The summed E-state index contributed by atoms with van der Waals surface area (Å²) >= 11 is 0. The van der Waals surface area contributed by atoms with Gasteiger partial charge in [0.25, 0.3) is 5.56 Å². The number of nitrogens with one attached hydrogen (secondary N) is 3. The minimum Gasteiger partial charge on any atom is -0.358 e. The zero-order valence-corrected chi connectivity index (χ0v) is 14.1. The molecule has 0 unspecified atom stereocenters. The van der Waals surface area contributed by atoms with Crippen LogP contribution in [0.3, 0.4) is 0 Å². The van der Waals surface area contributed by atoms with Crippen molar-refractivity contribution in [3.8, 4) is 0 Å². The van der Waals surface area contributed by atoms with Crippen LogP contribution in [-0.2, 0) is 17.8 Å². The first kappa shape index (κ1) is 16.1. The Balaban J connectivity index is 1.74. The van der Waals surface area contributed by atoms with Gasteiger partial charge in [-0.1, -0.05) is 18.2 Å². The van der Waals surface area contributed by atoms with Crippen LogP contribution >= 0.6 is 0 Å². The maximum Gasteiger partial charge on any atom is 0.253 e. The van der Waals surface area contributed by atoms with Crippen LogP contribution in [0.25, 0.3) is 10.9 Å². The highest BCUT2D eigenvalue weighted by molar-refractivity contribution is 5.90. The van der Waals surface area contributed by atoms with Crippen LogP contribution in [0.15, 0.2) is 35.1 Å². The molecule has 0 saturated carbocycles. The second-order valence-corrected chi connectivity index (χ2v) is 6.17. The van der Waals surface area contributed by atoms with E-state index in [0.717, 1.165) is 33.4 Å². The summed E-state index contributed by atoms with van der Waals surface area (Å²) in [6.07, 6.45) is 0.290. The molecular weight excluding hydrogens is 302 g/mol. The molecule has 124 valence electrons. The number of rotatable bonds is 4. The van der Waals surface area contributed by atoms with Crippen LogP contribution in [0.2, 0.25) is 0 Å². The SMILES string of the molecule is Cc1cc(C)c(CNC(=O)Cc2c(C)[nH]c3ccccc23)c(=O)[nH]1. The van der Waals surface area contributed by atoms with E-state index in [4.69, 9.17) is 0 Å². The van der Waals surface area contributed by atoms with Crippen molar-refractivity contribution in [1.82, 2.24) is 15.3 Å². The Morgan fingerprint density at radius 2 is 1.83 bits per heavy atom. The third-order valence-electron chi connectivity index (χ3n) is 4.32. The number of para-hydroxylation sites is 1. The van der Waals surface area contributed by atoms with Crippen LogP contribution in [0, 0.1) is 20.8 Å². The van der Waals surface area contributed by atoms with E-state index in [1.54, 1.807) is 0 Å². The van der Waals surface area contributed by atoms with Crippen molar-refractivity contribution in [2.24, 2.45) is 0 Å². The number of hydrogen-bond acceptors (Lipinski definition) is 2. The second-order valence-electron chi connectivity index (χ2n) is 6.17. The van der Waals surface area contributed by atoms with Gasteiger partial charge in [0.1, 0.15) is 0 Å². The number of H-pyrrole nitrogens is 2. The molecule has 1 aromatic carbocycles. The molecule has 0 aliphatic heterocycles. The highest BCUT2D eigenvalue weighted by Crippen LogP contribution is 2.22. The molecule has 0 spiro atoms. The van der Waals surface area contributed by atoms with Crippen molar-refractivity contribution < 1.29 is 4.79 Å². The minimum absolute atomic E-state index is 0.0952. The topological polar surface area (TPSA) is 77.8 Å². The number of amides is 1. The summed E-state index contributed by atoms with van der Waals surface area (Å²) in [5.41, 5.74) is 5.19. The number of benzene rings is 1. The van der Waals surface area contributed by atoms with Crippen LogP contribution in [0.1, 0.15) is 28.1 Å². The molecule has 0 radical (unpaired) electrons. The zero-order valence-electron chi connectivity index (χ0n) is 14.1. The number of fused-ring (bicyclic) bond motifs is 1. The van der Waals surface area contributed by atoms with E-state index in [1.165, 1.54) is 0 Å². The number of hydrogen-bond donors (Lipinski definition) is 3. The van der Waals surface area contributed by atoms with Gasteiger partial charge in [-0.25, -0.2) is 0 Å². The van der Waals surface area contributed by atoms with E-state index in [-0.39, 0.29) is 18.0 Å². The number of aryl methyl sites for hydroxylation is 3. The first-order chi connectivity index (χ1) is 11.5. The van der Waals surface area contributed by atoms with Gasteiger partial charge in [-0.3, -0.25) is 9.59 Å². The van der Waals surface area contributed by atoms with Crippen molar-refractivity contribution in [1.29, 1.82) is 0 Å². The molecule has 5 nitrogen and oxygen atoms in total. The predicted octanol–water partition coefficient (Wildman–Crippen LogP) is 2.64. The Labute approximate surface area is 140 Å². The summed E-state index contributed by atoms with van der Waals surface area (Å²) in [6.45, 7) is 5.93. The number of carbonyl (C=O) groups is 1. The van der Waals surface area contributed by atoms with Gasteiger partial charge in [0.05, 0.1) is 6.42 Å². The molecule has 24 heavy (non-hydrogen) atoms. The lowest BCUT2D eigenvalue weighted by Crippen LogP contribution is -2.29. The molecule has 0 aliphatic carbocycles. The average molecular weight is 323 g/mol. The molecule has 0 fully saturated rings. The molecule has 0 saturated heterocycles. The fraction of sp³-hybridized carbons (Fsp3) is 0.263. The standard InChI is InChI=1S/C19H21N3O2/c1-11-8-12(2)21-19(24)16(11)10-20-18(23)9-15-13(3)22-17-7-5-4-6-14(15)17/h4-8,22H,9-10H2,1-3H3,(H,20,23)(H,21,24). The predicted molar refractivity (Wildman–Crippen MR) is 95.1 cm³/mol. The van der Waals surface area contributed by atoms with Crippen molar-refractivity contribution in [3.05, 3.63) is 68.8 Å². The smallest absolute Gasteiger partial charge is 0.253 e. The monoisotopic (exact) mass is 323 g/mol. The van der Waals surface area contributed by atoms with Crippen molar-refractivity contribution in [2.75, 3.05) is 0 Å². The summed E-state index contributed by atoms with van der Waals surface area (Å²) in [5.74, 6) is -0.0952. The van der Waals surface area contributed by atoms with Gasteiger partial charge >= 0.3 is 0 Å². The second kappa shape index (κ2) is 6.35. The normalized spacial score (nSPS) is 11.0. The molecule has 0 bridgehead atoms. The van der Waals surface area contributed by atoms with E-state index in [9.17, 15) is 9.59 Å². The minimum atomic E-state index is -0.143. The lowest BCUT2D eigenvalue weighted by Gasteiger charge is -2.08. The van der Waals surface area contributed by atoms with Crippen molar-refractivity contribution in [2.45, 2.75) is 33.7 Å². The van der Waals surface area contributed by atoms with Gasteiger partial charge in [-0.05, 0) is 44.0 Å². The Morgan fingerprint density at radius 1 is 1.08 bits per heavy atom. The summed E-state index contributed by atoms with van der Waals surface area (Å²) < 4.78 is 0. The maximum atomic E-state index is 12.3. The Morgan fingerprint density at radius 3 is 2.58 bits per heavy atom. The van der Waals surface area contributed by atoms with Gasteiger partial charge in [0, 0.05) is 34.4 Å². The first-order valence-corrected chi connectivity index (χ1v) is 7.98. The summed E-state index contributed by atoms with van der Waals surface area (Å²) in [6, 6.07) is 9.85. The molecule has 1 amide bonds. The average Bonchev–Trinajstić information content (AvgIpc) is 2.82. The summed E-state index contributed by atoms with van der Waals surface area (Å²) in [4.78, 5) is 30.4. The number of carbonyl (C=O) groups excluding carboxylic acids is 1. The molecule has 0 atom stereocenters. The molecule has 2 heterocycles.